The minimum Gasteiger partial charge on any atom is -0.317 e. The zero-order chi connectivity index (χ0) is 19.4. The number of thiophene rings is 1. The maximum Gasteiger partial charge on any atom is 0.229 e. The summed E-state index contributed by atoms with van der Waals surface area (Å²) < 4.78 is 37.5. The van der Waals surface area contributed by atoms with Crippen LogP contribution in [0.15, 0.2) is 64.9 Å². The molecule has 0 unspecified atom stereocenters. The van der Waals surface area contributed by atoms with Crippen LogP contribution >= 0.6 is 11.3 Å². The molecule has 27 heavy (non-hydrogen) atoms. The molecule has 0 spiro atoms. The van der Waals surface area contributed by atoms with Gasteiger partial charge in [-0.25, -0.2) is 12.8 Å². The molecule has 1 amide bonds. The van der Waals surface area contributed by atoms with Gasteiger partial charge in [0, 0.05) is 10.9 Å². The average molecular weight is 404 g/mol. The van der Waals surface area contributed by atoms with Crippen molar-refractivity contribution in [2.24, 2.45) is 0 Å². The Morgan fingerprint density at radius 3 is 2.48 bits per heavy atom. The molecular formula is C20H18FNO3S2. The van der Waals surface area contributed by atoms with Crippen molar-refractivity contribution in [2.75, 3.05) is 11.1 Å². The number of carbonyl (C=O) groups excluding carboxylic acids is 1. The molecule has 0 aliphatic rings. The van der Waals surface area contributed by atoms with Gasteiger partial charge in [0.25, 0.3) is 0 Å². The van der Waals surface area contributed by atoms with Gasteiger partial charge in [0.15, 0.2) is 9.84 Å². The molecule has 3 rings (SSSR count). The lowest BCUT2D eigenvalue weighted by atomic mass is 10.1. The summed E-state index contributed by atoms with van der Waals surface area (Å²) in [6.07, 6.45) is 0.124. The maximum absolute atomic E-state index is 13.9. The molecular weight excluding hydrogens is 385 g/mol. The first-order chi connectivity index (χ1) is 12.9. The summed E-state index contributed by atoms with van der Waals surface area (Å²) in [5.41, 5.74) is 1.91. The number of amides is 1. The van der Waals surface area contributed by atoms with Crippen LogP contribution in [0.4, 0.5) is 9.39 Å². The van der Waals surface area contributed by atoms with Crippen LogP contribution in [0.2, 0.25) is 0 Å². The van der Waals surface area contributed by atoms with Gasteiger partial charge in [0.05, 0.1) is 22.1 Å². The van der Waals surface area contributed by atoms with Crippen LogP contribution in [0, 0.1) is 5.82 Å². The molecule has 2 aromatic carbocycles. The SMILES string of the molecule is CCS(=O)(=O)c1ccc(CC(=O)Nc2cc(-c3ccccc3F)cs2)cc1. The van der Waals surface area contributed by atoms with Gasteiger partial charge in [-0.05, 0) is 35.4 Å². The van der Waals surface area contributed by atoms with Gasteiger partial charge < -0.3 is 5.32 Å². The third kappa shape index (κ3) is 4.61. The molecule has 0 radical (unpaired) electrons. The Bertz CT molecular complexity index is 1060. The fourth-order valence-electron chi connectivity index (χ4n) is 2.59. The van der Waals surface area contributed by atoms with Gasteiger partial charge in [-0.3, -0.25) is 4.79 Å². The van der Waals surface area contributed by atoms with E-state index >= 15 is 0 Å². The molecule has 140 valence electrons. The van der Waals surface area contributed by atoms with Crippen molar-refractivity contribution in [1.29, 1.82) is 0 Å². The molecule has 1 heterocycles. The lowest BCUT2D eigenvalue weighted by Crippen LogP contribution is -2.13. The smallest absolute Gasteiger partial charge is 0.229 e. The quantitative estimate of drug-likeness (QED) is 0.658. The molecule has 0 aliphatic carbocycles. The van der Waals surface area contributed by atoms with Crippen molar-refractivity contribution < 1.29 is 17.6 Å². The van der Waals surface area contributed by atoms with E-state index < -0.39 is 9.84 Å². The van der Waals surface area contributed by atoms with Gasteiger partial charge in [0.2, 0.25) is 5.91 Å². The Kier molecular flexibility index (Phi) is 5.72. The van der Waals surface area contributed by atoms with Crippen LogP contribution in [0.25, 0.3) is 11.1 Å². The molecule has 0 fully saturated rings. The van der Waals surface area contributed by atoms with Gasteiger partial charge in [-0.15, -0.1) is 11.3 Å². The number of anilines is 1. The highest BCUT2D eigenvalue weighted by atomic mass is 32.2. The average Bonchev–Trinajstić information content (AvgIpc) is 3.10. The van der Waals surface area contributed by atoms with Gasteiger partial charge in [-0.2, -0.15) is 0 Å². The van der Waals surface area contributed by atoms with E-state index in [1.165, 1.54) is 29.5 Å². The summed E-state index contributed by atoms with van der Waals surface area (Å²) in [4.78, 5) is 12.5. The second-order valence-corrected chi connectivity index (χ2v) is 9.14. The van der Waals surface area contributed by atoms with E-state index in [1.807, 2.05) is 0 Å². The number of sulfone groups is 1. The van der Waals surface area contributed by atoms with E-state index in [0.717, 1.165) is 0 Å². The number of benzene rings is 2. The lowest BCUT2D eigenvalue weighted by molar-refractivity contribution is -0.115. The zero-order valence-electron chi connectivity index (χ0n) is 14.6. The van der Waals surface area contributed by atoms with Crippen molar-refractivity contribution in [3.05, 3.63) is 71.4 Å². The van der Waals surface area contributed by atoms with Crippen LogP contribution < -0.4 is 5.32 Å². The summed E-state index contributed by atoms with van der Waals surface area (Å²) in [6.45, 7) is 1.59. The standard InChI is InChI=1S/C20H18FNO3S2/c1-2-27(24,25)16-9-7-14(8-10-16)11-19(23)22-20-12-15(13-26-20)17-5-3-4-6-18(17)21/h3-10,12-13H,2,11H2,1H3,(H,22,23). The Labute approximate surface area is 161 Å². The number of halogens is 1. The van der Waals surface area contributed by atoms with Gasteiger partial charge in [-0.1, -0.05) is 37.3 Å². The second-order valence-electron chi connectivity index (χ2n) is 5.95. The molecule has 4 nitrogen and oxygen atoms in total. The highest BCUT2D eigenvalue weighted by Gasteiger charge is 2.13. The molecule has 3 aromatic rings. The zero-order valence-corrected chi connectivity index (χ0v) is 16.2. The Hall–Kier alpha value is -2.51. The van der Waals surface area contributed by atoms with E-state index in [0.29, 0.717) is 21.7 Å². The van der Waals surface area contributed by atoms with Crippen molar-refractivity contribution >= 4 is 32.1 Å². The first-order valence-corrected chi connectivity index (χ1v) is 10.9. The second kappa shape index (κ2) is 8.02. The van der Waals surface area contributed by atoms with Gasteiger partial charge >= 0.3 is 0 Å². The number of nitrogens with one attached hydrogen (secondary N) is 1. The molecule has 0 atom stereocenters. The summed E-state index contributed by atoms with van der Waals surface area (Å²) >= 11 is 1.32. The number of hydrogen-bond donors (Lipinski definition) is 1. The van der Waals surface area contributed by atoms with Crippen molar-refractivity contribution in [2.45, 2.75) is 18.2 Å². The number of hydrogen-bond acceptors (Lipinski definition) is 4. The van der Waals surface area contributed by atoms with E-state index in [1.54, 1.807) is 48.7 Å². The fourth-order valence-corrected chi connectivity index (χ4v) is 4.29. The predicted molar refractivity (Wildman–Crippen MR) is 106 cm³/mol. The Morgan fingerprint density at radius 2 is 1.81 bits per heavy atom. The molecule has 0 bridgehead atoms. The Morgan fingerprint density at radius 1 is 1.11 bits per heavy atom. The van der Waals surface area contributed by atoms with Crippen molar-refractivity contribution in [3.63, 3.8) is 0 Å². The maximum atomic E-state index is 13.9. The number of rotatable bonds is 6. The van der Waals surface area contributed by atoms with E-state index in [9.17, 15) is 17.6 Å². The first-order valence-electron chi connectivity index (χ1n) is 8.34. The fraction of sp³-hybridized carbons (Fsp3) is 0.150. The minimum atomic E-state index is -3.25. The Balaban J connectivity index is 1.66. The van der Waals surface area contributed by atoms with Crippen molar-refractivity contribution in [3.8, 4) is 11.1 Å². The molecule has 7 heteroatoms. The van der Waals surface area contributed by atoms with Crippen LogP contribution in [0.3, 0.4) is 0 Å². The highest BCUT2D eigenvalue weighted by Crippen LogP contribution is 2.30. The number of carbonyl (C=O) groups is 1. The summed E-state index contributed by atoms with van der Waals surface area (Å²) in [5, 5.41) is 5.21. The first kappa shape index (κ1) is 19.3. The van der Waals surface area contributed by atoms with E-state index in [-0.39, 0.29) is 28.8 Å². The van der Waals surface area contributed by atoms with E-state index in [2.05, 4.69) is 5.32 Å². The largest absolute Gasteiger partial charge is 0.317 e. The summed E-state index contributed by atoms with van der Waals surface area (Å²) in [5.74, 6) is -0.492. The summed E-state index contributed by atoms with van der Waals surface area (Å²) in [6, 6.07) is 14.5. The summed E-state index contributed by atoms with van der Waals surface area (Å²) in [7, 11) is -3.25. The monoisotopic (exact) mass is 403 g/mol. The molecule has 1 aromatic heterocycles. The van der Waals surface area contributed by atoms with Crippen LogP contribution in [0.1, 0.15) is 12.5 Å². The lowest BCUT2D eigenvalue weighted by Gasteiger charge is -2.05. The molecule has 0 aliphatic heterocycles. The molecule has 0 saturated heterocycles. The van der Waals surface area contributed by atoms with Crippen LogP contribution in [-0.2, 0) is 21.1 Å². The van der Waals surface area contributed by atoms with Crippen LogP contribution in [0.5, 0.6) is 0 Å². The van der Waals surface area contributed by atoms with Crippen molar-refractivity contribution in [1.82, 2.24) is 0 Å². The predicted octanol–water partition coefficient (Wildman–Crippen LogP) is 4.53. The highest BCUT2D eigenvalue weighted by molar-refractivity contribution is 7.91. The molecule has 0 saturated carbocycles. The van der Waals surface area contributed by atoms with Gasteiger partial charge in [0.1, 0.15) is 5.82 Å². The topological polar surface area (TPSA) is 63.2 Å². The normalized spacial score (nSPS) is 11.3. The van der Waals surface area contributed by atoms with E-state index in [4.69, 9.17) is 0 Å². The third-order valence-electron chi connectivity index (χ3n) is 4.07. The third-order valence-corrected chi connectivity index (χ3v) is 6.67. The van der Waals surface area contributed by atoms with Crippen LogP contribution in [-0.4, -0.2) is 20.1 Å². The minimum absolute atomic E-state index is 0.0373. The molecule has 1 N–H and O–H groups in total.